The SMILES string of the molecule is N#Cc1ccc(-c2nc3c(N4CCC[C@@H](N)C4)ccnc3n2-c2ccc3c(c2)CCC3)cc1F. The second-order valence-corrected chi connectivity index (χ2v) is 9.23. The molecule has 1 aliphatic heterocycles. The molecular formula is C27H25FN6. The highest BCUT2D eigenvalue weighted by atomic mass is 19.1. The average molecular weight is 453 g/mol. The highest BCUT2D eigenvalue weighted by molar-refractivity contribution is 5.90. The largest absolute Gasteiger partial charge is 0.368 e. The summed E-state index contributed by atoms with van der Waals surface area (Å²) in [7, 11) is 0. The summed E-state index contributed by atoms with van der Waals surface area (Å²) in [5, 5.41) is 9.18. The van der Waals surface area contributed by atoms with Crippen LogP contribution < -0.4 is 10.6 Å². The Kier molecular flexibility index (Phi) is 5.04. The van der Waals surface area contributed by atoms with Crippen LogP contribution in [0.15, 0.2) is 48.7 Å². The zero-order valence-electron chi connectivity index (χ0n) is 18.8. The molecule has 0 spiro atoms. The number of aromatic nitrogens is 3. The lowest BCUT2D eigenvalue weighted by Crippen LogP contribution is -2.42. The summed E-state index contributed by atoms with van der Waals surface area (Å²) in [6, 6.07) is 15.2. The molecule has 6 nitrogen and oxygen atoms in total. The van der Waals surface area contributed by atoms with Gasteiger partial charge in [-0.25, -0.2) is 14.4 Å². The van der Waals surface area contributed by atoms with E-state index in [1.54, 1.807) is 6.07 Å². The van der Waals surface area contributed by atoms with Gasteiger partial charge in [0.2, 0.25) is 0 Å². The van der Waals surface area contributed by atoms with Crippen LogP contribution in [0.1, 0.15) is 36.0 Å². The van der Waals surface area contributed by atoms with E-state index in [2.05, 4.69) is 23.1 Å². The molecule has 1 fully saturated rings. The van der Waals surface area contributed by atoms with E-state index in [0.29, 0.717) is 11.4 Å². The molecule has 0 unspecified atom stereocenters. The maximum absolute atomic E-state index is 14.6. The minimum absolute atomic E-state index is 0.0186. The number of benzene rings is 2. The maximum Gasteiger partial charge on any atom is 0.167 e. The second kappa shape index (κ2) is 8.23. The molecule has 1 atom stereocenters. The summed E-state index contributed by atoms with van der Waals surface area (Å²) >= 11 is 0. The Morgan fingerprint density at radius 2 is 1.94 bits per heavy atom. The third-order valence-corrected chi connectivity index (χ3v) is 7.01. The molecule has 3 heterocycles. The highest BCUT2D eigenvalue weighted by Gasteiger charge is 2.24. The Labute approximate surface area is 197 Å². The Morgan fingerprint density at radius 3 is 2.76 bits per heavy atom. The number of hydrogen-bond acceptors (Lipinski definition) is 5. The van der Waals surface area contributed by atoms with E-state index in [1.165, 1.54) is 23.3 Å². The molecule has 2 aromatic heterocycles. The van der Waals surface area contributed by atoms with Crippen LogP contribution in [0.25, 0.3) is 28.2 Å². The van der Waals surface area contributed by atoms with Crippen molar-refractivity contribution < 1.29 is 4.39 Å². The normalized spacial score (nSPS) is 17.7. The zero-order chi connectivity index (χ0) is 23.2. The van der Waals surface area contributed by atoms with Crippen molar-refractivity contribution in [2.75, 3.05) is 18.0 Å². The Hall–Kier alpha value is -3.76. The average Bonchev–Trinajstić information content (AvgIpc) is 3.48. The fourth-order valence-electron chi connectivity index (χ4n) is 5.32. The van der Waals surface area contributed by atoms with Gasteiger partial charge in [-0.05, 0) is 79.6 Å². The molecule has 1 saturated heterocycles. The molecule has 4 aromatic rings. The number of anilines is 1. The number of hydrogen-bond donors (Lipinski definition) is 1. The first-order chi connectivity index (χ1) is 16.6. The topological polar surface area (TPSA) is 83.8 Å². The molecule has 2 aromatic carbocycles. The molecule has 6 rings (SSSR count). The number of fused-ring (bicyclic) bond motifs is 2. The van der Waals surface area contributed by atoms with Crippen LogP contribution in [0.5, 0.6) is 0 Å². The van der Waals surface area contributed by atoms with E-state index < -0.39 is 5.82 Å². The zero-order valence-corrected chi connectivity index (χ0v) is 18.8. The molecule has 170 valence electrons. The van der Waals surface area contributed by atoms with Crippen LogP contribution in [0.3, 0.4) is 0 Å². The van der Waals surface area contributed by atoms with Crippen LogP contribution in [0, 0.1) is 17.1 Å². The van der Waals surface area contributed by atoms with Gasteiger partial charge >= 0.3 is 0 Å². The fourth-order valence-corrected chi connectivity index (χ4v) is 5.32. The molecule has 2 N–H and O–H groups in total. The number of halogens is 1. The van der Waals surface area contributed by atoms with E-state index in [-0.39, 0.29) is 11.6 Å². The van der Waals surface area contributed by atoms with Gasteiger partial charge < -0.3 is 10.6 Å². The van der Waals surface area contributed by atoms with Crippen molar-refractivity contribution >= 4 is 16.9 Å². The minimum Gasteiger partial charge on any atom is -0.368 e. The van der Waals surface area contributed by atoms with Gasteiger partial charge in [-0.2, -0.15) is 5.26 Å². The van der Waals surface area contributed by atoms with Gasteiger partial charge in [0.05, 0.1) is 11.3 Å². The van der Waals surface area contributed by atoms with Crippen molar-refractivity contribution in [1.29, 1.82) is 5.26 Å². The quantitative estimate of drug-likeness (QED) is 0.494. The summed E-state index contributed by atoms with van der Waals surface area (Å²) in [4.78, 5) is 12.0. The predicted octanol–water partition coefficient (Wildman–Crippen LogP) is 4.51. The molecule has 34 heavy (non-hydrogen) atoms. The van der Waals surface area contributed by atoms with E-state index in [0.717, 1.165) is 67.7 Å². The number of piperidine rings is 1. The number of nitriles is 1. The van der Waals surface area contributed by atoms with Gasteiger partial charge in [-0.3, -0.25) is 4.57 Å². The van der Waals surface area contributed by atoms with Crippen LogP contribution >= 0.6 is 0 Å². The molecular weight excluding hydrogens is 427 g/mol. The number of nitrogens with zero attached hydrogens (tertiary/aromatic N) is 5. The minimum atomic E-state index is -0.553. The van der Waals surface area contributed by atoms with Gasteiger partial charge in [0.15, 0.2) is 5.65 Å². The van der Waals surface area contributed by atoms with Crippen LogP contribution in [-0.2, 0) is 12.8 Å². The molecule has 7 heteroatoms. The molecule has 2 aliphatic rings. The van der Waals surface area contributed by atoms with Crippen molar-refractivity contribution in [3.05, 3.63) is 71.2 Å². The summed E-state index contributed by atoms with van der Waals surface area (Å²) < 4.78 is 16.6. The third kappa shape index (κ3) is 3.42. The lowest BCUT2D eigenvalue weighted by molar-refractivity contribution is 0.507. The van der Waals surface area contributed by atoms with Gasteiger partial charge in [-0.1, -0.05) is 6.07 Å². The number of rotatable bonds is 3. The molecule has 0 amide bonds. The third-order valence-electron chi connectivity index (χ3n) is 7.01. The molecule has 0 bridgehead atoms. The lowest BCUT2D eigenvalue weighted by atomic mass is 10.1. The van der Waals surface area contributed by atoms with Crippen molar-refractivity contribution in [3.8, 4) is 23.1 Å². The maximum atomic E-state index is 14.6. The summed E-state index contributed by atoms with van der Waals surface area (Å²) in [6.07, 6.45) is 7.18. The van der Waals surface area contributed by atoms with Gasteiger partial charge in [0.25, 0.3) is 0 Å². The van der Waals surface area contributed by atoms with Gasteiger partial charge in [0.1, 0.15) is 23.2 Å². The second-order valence-electron chi connectivity index (χ2n) is 9.23. The lowest BCUT2D eigenvalue weighted by Gasteiger charge is -2.32. The number of pyridine rings is 1. The molecule has 0 saturated carbocycles. The summed E-state index contributed by atoms with van der Waals surface area (Å²) in [5.41, 5.74) is 13.1. The van der Waals surface area contributed by atoms with Crippen molar-refractivity contribution in [1.82, 2.24) is 14.5 Å². The smallest absolute Gasteiger partial charge is 0.167 e. The first kappa shape index (κ1) is 20.8. The Morgan fingerprint density at radius 1 is 1.06 bits per heavy atom. The van der Waals surface area contributed by atoms with Crippen molar-refractivity contribution in [2.45, 2.75) is 38.1 Å². The van der Waals surface area contributed by atoms with Gasteiger partial charge in [-0.15, -0.1) is 0 Å². The van der Waals surface area contributed by atoms with Crippen LogP contribution in [0.4, 0.5) is 10.1 Å². The van der Waals surface area contributed by atoms with E-state index in [4.69, 9.17) is 15.7 Å². The summed E-state index contributed by atoms with van der Waals surface area (Å²) in [6.45, 7) is 1.69. The van der Waals surface area contributed by atoms with Crippen molar-refractivity contribution in [3.63, 3.8) is 0 Å². The standard InChI is InChI=1S/C27H25FN6/c28-23-14-19(6-7-20(23)15-29)26-32-25-24(33-12-2-5-21(30)16-33)10-11-31-27(25)34(26)22-9-8-17-3-1-4-18(17)13-22/h6-11,13-14,21H,1-5,12,16,30H2/t21-/m1/s1. The fraction of sp³-hybridized carbons (Fsp3) is 0.296. The van der Waals surface area contributed by atoms with Crippen molar-refractivity contribution in [2.24, 2.45) is 5.73 Å². The van der Waals surface area contributed by atoms with E-state index in [1.807, 2.05) is 22.9 Å². The summed E-state index contributed by atoms with van der Waals surface area (Å²) in [5.74, 6) is 0.0559. The number of imidazole rings is 1. The first-order valence-corrected chi connectivity index (χ1v) is 11.8. The molecule has 0 radical (unpaired) electrons. The van der Waals surface area contributed by atoms with Crippen LogP contribution in [-0.4, -0.2) is 33.7 Å². The first-order valence-electron chi connectivity index (χ1n) is 11.8. The predicted molar refractivity (Wildman–Crippen MR) is 130 cm³/mol. The van der Waals surface area contributed by atoms with E-state index >= 15 is 0 Å². The number of aryl methyl sites for hydroxylation is 2. The number of nitrogens with two attached hydrogens (primary N) is 1. The van der Waals surface area contributed by atoms with E-state index in [9.17, 15) is 9.65 Å². The Balaban J connectivity index is 1.59. The highest BCUT2D eigenvalue weighted by Crippen LogP contribution is 2.35. The Bertz CT molecular complexity index is 1450. The monoisotopic (exact) mass is 452 g/mol. The van der Waals surface area contributed by atoms with Crippen LogP contribution in [0.2, 0.25) is 0 Å². The van der Waals surface area contributed by atoms with Gasteiger partial charge in [0, 0.05) is 36.6 Å². The molecule has 1 aliphatic carbocycles.